The van der Waals surface area contributed by atoms with Crippen molar-refractivity contribution in [2.75, 3.05) is 0 Å². The molecule has 8 aromatic carbocycles. The summed E-state index contributed by atoms with van der Waals surface area (Å²) in [5.74, 6) is 0. The normalized spacial score (nSPS) is 16.3. The zero-order valence-corrected chi connectivity index (χ0v) is 41.8. The quantitative estimate of drug-likeness (QED) is 0.177. The van der Waals surface area contributed by atoms with Gasteiger partial charge in [0, 0.05) is 32.4 Å². The van der Waals surface area contributed by atoms with Gasteiger partial charge in [-0.3, -0.25) is 0 Å². The first kappa shape index (κ1) is 42.4. The van der Waals surface area contributed by atoms with Crippen molar-refractivity contribution < 1.29 is 0 Å². The fraction of sp³-hybridized carbons (Fsp3) is 0.265. The average molecular weight is 916 g/mol. The maximum atomic E-state index is 11.5. The third kappa shape index (κ3) is 5.59. The average Bonchev–Trinajstić information content (AvgIpc) is 4.27. The lowest BCUT2D eigenvalue weighted by Crippen LogP contribution is -2.22. The van der Waals surface area contributed by atoms with Crippen molar-refractivity contribution in [2.24, 2.45) is 0 Å². The van der Waals surface area contributed by atoms with Crippen LogP contribution in [0.2, 0.25) is 0 Å². The summed E-state index contributed by atoms with van der Waals surface area (Å²) in [5, 5.41) is 27.9. The fourth-order valence-electron chi connectivity index (χ4n) is 14.8. The van der Waals surface area contributed by atoms with Crippen molar-refractivity contribution in [2.45, 2.75) is 115 Å². The van der Waals surface area contributed by atoms with Crippen LogP contribution < -0.4 is 0 Å². The number of nitriles is 2. The topological polar surface area (TPSA) is 52.0 Å². The van der Waals surface area contributed by atoms with Gasteiger partial charge in [-0.05, 0) is 150 Å². The molecule has 0 unspecified atom stereocenters. The number of nitrogens with zero attached hydrogens (tertiary/aromatic N) is 3. The first-order chi connectivity index (χ1) is 34.4. The SMILES string of the molecule is CC(C)(C)c1ccc2c(c1)-c1c(c(C#N)cc3c1c1cc(-c4c(-c5ccccc5)cccc4-c4ccccc4)cc4c5c6c(c(C#N)cc5n3c14)C1(CCCC1)c1ccc(C(C)(C)C)cc1-6)C21CCCC1. The van der Waals surface area contributed by atoms with Crippen LogP contribution in [0.4, 0.5) is 0 Å². The second kappa shape index (κ2) is 14.6. The van der Waals surface area contributed by atoms with E-state index >= 15 is 0 Å². The zero-order valence-electron chi connectivity index (χ0n) is 41.8. The van der Waals surface area contributed by atoms with Gasteiger partial charge in [0.2, 0.25) is 0 Å². The molecule has 0 amide bonds. The third-order valence-corrected chi connectivity index (χ3v) is 17.9. The molecule has 2 spiro atoms. The molecule has 2 saturated carbocycles. The Kier molecular flexibility index (Phi) is 8.70. The van der Waals surface area contributed by atoms with E-state index in [-0.39, 0.29) is 21.7 Å². The van der Waals surface area contributed by atoms with Crippen LogP contribution in [0.3, 0.4) is 0 Å². The minimum atomic E-state index is -0.212. The molecule has 10 aromatic rings. The summed E-state index contributed by atoms with van der Waals surface area (Å²) in [4.78, 5) is 0. The predicted molar refractivity (Wildman–Crippen MR) is 294 cm³/mol. The summed E-state index contributed by atoms with van der Waals surface area (Å²) in [5.41, 5.74) is 24.3. The number of hydrogen-bond acceptors (Lipinski definition) is 2. The van der Waals surface area contributed by atoms with E-state index in [9.17, 15) is 10.5 Å². The molecule has 3 nitrogen and oxygen atoms in total. The van der Waals surface area contributed by atoms with Gasteiger partial charge in [-0.1, -0.05) is 182 Å². The molecule has 0 bridgehead atoms. The standard InChI is InChI=1S/C68H57N3/c1-65(2,3)45-24-26-53-49(36-45)60-58-51-32-42(57-47(40-18-9-7-10-19-40)22-17-23-48(57)41-20-11-8-12-21-41)33-52-59-56(71(64(51)52)55(58)34-43(38-69)62(60)67(53)28-13-14-29-67)35-44(39-70)63-61(59)50-37-46(66(4,5)6)25-27-54(50)68(63)30-15-16-31-68/h7-12,17-27,32-37H,13-16,28-31H2,1-6H3. The summed E-state index contributed by atoms with van der Waals surface area (Å²) < 4.78 is 2.49. The van der Waals surface area contributed by atoms with E-state index in [4.69, 9.17) is 0 Å². The Morgan fingerprint density at radius 2 is 0.859 bits per heavy atom. The molecule has 71 heavy (non-hydrogen) atoms. The molecule has 4 aliphatic rings. The van der Waals surface area contributed by atoms with Crippen molar-refractivity contribution in [1.82, 2.24) is 4.40 Å². The summed E-state index contributed by atoms with van der Waals surface area (Å²) in [6.07, 6.45) is 8.75. The Morgan fingerprint density at radius 3 is 1.25 bits per heavy atom. The molecule has 2 heterocycles. The van der Waals surface area contributed by atoms with Crippen molar-refractivity contribution in [3.05, 3.63) is 184 Å². The molecular weight excluding hydrogens is 859 g/mol. The molecular formula is C68H57N3. The van der Waals surface area contributed by atoms with Gasteiger partial charge in [-0.15, -0.1) is 0 Å². The van der Waals surface area contributed by atoms with Crippen molar-refractivity contribution in [3.63, 3.8) is 0 Å². The molecule has 14 rings (SSSR count). The van der Waals surface area contributed by atoms with Crippen LogP contribution in [-0.4, -0.2) is 4.40 Å². The number of aromatic nitrogens is 1. The van der Waals surface area contributed by atoms with E-state index < -0.39 is 0 Å². The number of benzene rings is 8. The van der Waals surface area contributed by atoms with Crippen LogP contribution >= 0.6 is 0 Å². The molecule has 0 radical (unpaired) electrons. The molecule has 0 atom stereocenters. The third-order valence-electron chi connectivity index (χ3n) is 17.9. The second-order valence-electron chi connectivity index (χ2n) is 23.7. The van der Waals surface area contributed by atoms with Gasteiger partial charge in [0.25, 0.3) is 0 Å². The second-order valence-corrected chi connectivity index (χ2v) is 23.7. The Morgan fingerprint density at radius 1 is 0.437 bits per heavy atom. The van der Waals surface area contributed by atoms with E-state index in [0.717, 1.165) is 73.5 Å². The minimum Gasteiger partial charge on any atom is -0.308 e. The Bertz CT molecular complexity index is 3760. The number of fused-ring (bicyclic) bond motifs is 18. The van der Waals surface area contributed by atoms with Gasteiger partial charge >= 0.3 is 0 Å². The molecule has 2 fully saturated rings. The molecule has 4 aliphatic carbocycles. The van der Waals surface area contributed by atoms with Gasteiger partial charge in [-0.25, -0.2) is 0 Å². The maximum absolute atomic E-state index is 11.5. The predicted octanol–water partition coefficient (Wildman–Crippen LogP) is 17.9. The summed E-state index contributed by atoms with van der Waals surface area (Å²) in [7, 11) is 0. The lowest BCUT2D eigenvalue weighted by molar-refractivity contribution is 0.547. The van der Waals surface area contributed by atoms with Gasteiger partial charge in [0.1, 0.15) is 0 Å². The van der Waals surface area contributed by atoms with Crippen molar-refractivity contribution in [3.8, 4) is 67.8 Å². The number of rotatable bonds is 3. The molecule has 2 aromatic heterocycles. The van der Waals surface area contributed by atoms with E-state index in [1.807, 2.05) is 0 Å². The lowest BCUT2D eigenvalue weighted by Gasteiger charge is -2.28. The molecule has 0 saturated heterocycles. The maximum Gasteiger partial charge on any atom is 0.0995 e. The Hall–Kier alpha value is -7.46. The van der Waals surface area contributed by atoms with Gasteiger partial charge in [0.05, 0.1) is 39.8 Å². The highest BCUT2D eigenvalue weighted by Crippen LogP contribution is 2.64. The Balaban J connectivity index is 1.23. The summed E-state index contributed by atoms with van der Waals surface area (Å²) in [6.45, 7) is 13.9. The van der Waals surface area contributed by atoms with Crippen molar-refractivity contribution in [1.29, 1.82) is 10.5 Å². The first-order valence-electron chi connectivity index (χ1n) is 26.1. The van der Waals surface area contributed by atoms with Gasteiger partial charge < -0.3 is 4.40 Å². The zero-order chi connectivity index (χ0) is 48.3. The van der Waals surface area contributed by atoms with E-state index in [2.05, 4.69) is 198 Å². The highest BCUT2D eigenvalue weighted by molar-refractivity contribution is 6.31. The largest absolute Gasteiger partial charge is 0.308 e. The first-order valence-corrected chi connectivity index (χ1v) is 26.1. The van der Waals surface area contributed by atoms with Crippen LogP contribution in [0.1, 0.15) is 137 Å². The highest BCUT2D eigenvalue weighted by atomic mass is 14.9. The van der Waals surface area contributed by atoms with E-state index in [1.165, 1.54) is 116 Å². The smallest absolute Gasteiger partial charge is 0.0995 e. The van der Waals surface area contributed by atoms with Gasteiger partial charge in [-0.2, -0.15) is 10.5 Å². The highest BCUT2D eigenvalue weighted by Gasteiger charge is 2.50. The van der Waals surface area contributed by atoms with Crippen LogP contribution in [0, 0.1) is 22.7 Å². The molecule has 3 heteroatoms. The molecule has 0 aliphatic heterocycles. The Labute approximate surface area is 417 Å². The van der Waals surface area contributed by atoms with Crippen LogP contribution in [0.5, 0.6) is 0 Å². The van der Waals surface area contributed by atoms with Crippen LogP contribution in [-0.2, 0) is 21.7 Å². The minimum absolute atomic E-state index is 0.0613. The van der Waals surface area contributed by atoms with E-state index in [1.54, 1.807) is 0 Å². The molecule has 344 valence electrons. The van der Waals surface area contributed by atoms with Crippen LogP contribution in [0.15, 0.2) is 140 Å². The lowest BCUT2D eigenvalue weighted by atomic mass is 9.74. The fourth-order valence-corrected chi connectivity index (χ4v) is 14.8. The van der Waals surface area contributed by atoms with Crippen LogP contribution in [0.25, 0.3) is 93.7 Å². The number of hydrogen-bond donors (Lipinski definition) is 0. The monoisotopic (exact) mass is 915 g/mol. The summed E-state index contributed by atoms with van der Waals surface area (Å²) in [6, 6.07) is 58.4. The summed E-state index contributed by atoms with van der Waals surface area (Å²) >= 11 is 0. The van der Waals surface area contributed by atoms with Crippen molar-refractivity contribution >= 4 is 38.1 Å². The molecule has 0 N–H and O–H groups in total. The van der Waals surface area contributed by atoms with Gasteiger partial charge in [0.15, 0.2) is 0 Å². The van der Waals surface area contributed by atoms with E-state index in [0.29, 0.717) is 0 Å².